The third kappa shape index (κ3) is 5.49. The van der Waals surface area contributed by atoms with Crippen LogP contribution in [0.3, 0.4) is 0 Å². The van der Waals surface area contributed by atoms with Gasteiger partial charge < -0.3 is 17.8 Å². The zero-order valence-electron chi connectivity index (χ0n) is 11.3. The number of anilines is 1. The number of benzene rings is 1. The van der Waals surface area contributed by atoms with Crippen molar-refractivity contribution in [2.24, 2.45) is 0 Å². The molecule has 0 amide bonds. The molecule has 0 saturated heterocycles. The maximum Gasteiger partial charge on any atom is 1.00 e. The van der Waals surface area contributed by atoms with E-state index in [1.165, 1.54) is 0 Å². The second kappa shape index (κ2) is 7.15. The Hall–Kier alpha value is 0.251. The van der Waals surface area contributed by atoms with Gasteiger partial charge >= 0.3 is 58.4 Å². The topological polar surface area (TPSA) is 3.24 Å². The zero-order chi connectivity index (χ0) is 13.2. The maximum absolute atomic E-state index is 12.4. The number of halogens is 3. The van der Waals surface area contributed by atoms with Gasteiger partial charge in [0.1, 0.15) is 0 Å². The van der Waals surface area contributed by atoms with Crippen molar-refractivity contribution in [2.45, 2.75) is 13.8 Å². The van der Waals surface area contributed by atoms with E-state index in [9.17, 15) is 12.9 Å². The first kappa shape index (κ1) is 18.3. The maximum atomic E-state index is 12.4. The molecule has 0 atom stereocenters. The van der Waals surface area contributed by atoms with Crippen molar-refractivity contribution in [3.63, 3.8) is 0 Å². The minimum absolute atomic E-state index is 0. The van der Waals surface area contributed by atoms with Gasteiger partial charge in [-0.3, -0.25) is 0 Å². The molecule has 1 rings (SSSR count). The second-order valence-electron chi connectivity index (χ2n) is 4.43. The van der Waals surface area contributed by atoms with Crippen molar-refractivity contribution in [3.05, 3.63) is 41.4 Å². The number of aryl methyl sites for hydroxylation is 2. The molecule has 0 N–H and O–H groups in total. The molecule has 18 heavy (non-hydrogen) atoms. The van der Waals surface area contributed by atoms with Crippen LogP contribution in [0.25, 0.3) is 0 Å². The summed E-state index contributed by atoms with van der Waals surface area (Å²) in [6.45, 7) is 1.80. The first-order chi connectivity index (χ1) is 7.70. The zero-order valence-corrected chi connectivity index (χ0v) is 14.4. The fourth-order valence-electron chi connectivity index (χ4n) is 1.67. The van der Waals surface area contributed by atoms with E-state index in [1.807, 2.05) is 32.0 Å². The summed E-state index contributed by atoms with van der Waals surface area (Å²) in [4.78, 5) is 1.57. The van der Waals surface area contributed by atoms with Gasteiger partial charge in [0, 0.05) is 19.3 Å². The van der Waals surface area contributed by atoms with Crippen LogP contribution in [0.2, 0.25) is 0 Å². The molecule has 0 aliphatic carbocycles. The second-order valence-corrected chi connectivity index (χ2v) is 4.43. The Bertz CT molecular complexity index is 412. The fraction of sp³-hybridized carbons (Fsp3) is 0.333. The van der Waals surface area contributed by atoms with Crippen molar-refractivity contribution < 1.29 is 64.3 Å². The van der Waals surface area contributed by atoms with Gasteiger partial charge in [0.25, 0.3) is 0 Å². The predicted octanol–water partition coefficient (Wildman–Crippen LogP) is 0.686. The van der Waals surface area contributed by atoms with Crippen molar-refractivity contribution in [3.8, 4) is 0 Å². The van der Waals surface area contributed by atoms with E-state index in [-0.39, 0.29) is 57.9 Å². The minimum atomic E-state index is -4.95. The average molecular weight is 281 g/mol. The number of likely N-dealkylation sites (N-methyl/N-ethyl adjacent to an activating group) is 1. The summed E-state index contributed by atoms with van der Waals surface area (Å²) in [5.74, 6) is 0. The van der Waals surface area contributed by atoms with E-state index in [2.05, 4.69) is 6.58 Å². The Kier molecular flexibility index (Phi) is 7.25. The SMILES string of the molecule is C=C(CN(C)c1cc(C)cc(C)c1)[B-](F)(F)F.[K+]. The Labute approximate surface area is 149 Å². The summed E-state index contributed by atoms with van der Waals surface area (Å²) >= 11 is 0. The van der Waals surface area contributed by atoms with Gasteiger partial charge in [-0.05, 0) is 37.1 Å². The standard InChI is InChI=1S/C12H16BF3N.K/c1-9-5-10(2)7-12(6-9)17(4)8-11(3)13(14,15)16;/h5-7H,3,8H2,1-2,4H3;/q-1;+1. The van der Waals surface area contributed by atoms with E-state index >= 15 is 0 Å². The van der Waals surface area contributed by atoms with E-state index in [1.54, 1.807) is 11.9 Å². The van der Waals surface area contributed by atoms with E-state index in [0.29, 0.717) is 0 Å². The molecule has 0 bridgehead atoms. The Morgan fingerprint density at radius 3 is 2.00 bits per heavy atom. The molecule has 0 saturated carbocycles. The molecule has 1 aromatic carbocycles. The van der Waals surface area contributed by atoms with Crippen molar-refractivity contribution in [1.82, 2.24) is 0 Å². The van der Waals surface area contributed by atoms with Crippen LogP contribution in [0.5, 0.6) is 0 Å². The number of nitrogens with zero attached hydrogens (tertiary/aromatic N) is 1. The van der Waals surface area contributed by atoms with Crippen LogP contribution in [-0.4, -0.2) is 20.6 Å². The summed E-state index contributed by atoms with van der Waals surface area (Å²) < 4.78 is 37.3. The van der Waals surface area contributed by atoms with Crippen LogP contribution in [0, 0.1) is 13.8 Å². The summed E-state index contributed by atoms with van der Waals surface area (Å²) in [6.07, 6.45) is 0. The quantitative estimate of drug-likeness (QED) is 0.734. The average Bonchev–Trinajstić information content (AvgIpc) is 2.14. The molecule has 0 aliphatic heterocycles. The molecule has 94 valence electrons. The molecule has 6 heteroatoms. The van der Waals surface area contributed by atoms with Crippen LogP contribution in [0.1, 0.15) is 11.1 Å². The van der Waals surface area contributed by atoms with E-state index in [4.69, 9.17) is 0 Å². The number of hydrogen-bond acceptors (Lipinski definition) is 1. The van der Waals surface area contributed by atoms with E-state index in [0.717, 1.165) is 16.8 Å². The summed E-state index contributed by atoms with van der Waals surface area (Å²) in [5.41, 5.74) is 2.18. The normalized spacial score (nSPS) is 10.8. The van der Waals surface area contributed by atoms with Crippen molar-refractivity contribution in [2.75, 3.05) is 18.5 Å². The van der Waals surface area contributed by atoms with Crippen LogP contribution in [0.15, 0.2) is 30.3 Å². The Balaban J connectivity index is 0.00000289. The van der Waals surface area contributed by atoms with Gasteiger partial charge in [-0.2, -0.15) is 0 Å². The number of hydrogen-bond donors (Lipinski definition) is 0. The van der Waals surface area contributed by atoms with Crippen molar-refractivity contribution in [1.29, 1.82) is 0 Å². The molecule has 0 radical (unpaired) electrons. The summed E-state index contributed by atoms with van der Waals surface area (Å²) in [5, 5.41) is 0. The van der Waals surface area contributed by atoms with Gasteiger partial charge in [-0.15, -0.1) is 12.1 Å². The monoisotopic (exact) mass is 281 g/mol. The van der Waals surface area contributed by atoms with Crippen LogP contribution in [0.4, 0.5) is 18.6 Å². The third-order valence-corrected chi connectivity index (χ3v) is 2.55. The largest absolute Gasteiger partial charge is 1.00 e. The summed E-state index contributed by atoms with van der Waals surface area (Å²) in [6, 6.07) is 5.72. The van der Waals surface area contributed by atoms with Gasteiger partial charge in [0.15, 0.2) is 0 Å². The molecule has 1 aromatic rings. The summed E-state index contributed by atoms with van der Waals surface area (Å²) in [7, 11) is 1.64. The molecule has 0 aromatic heterocycles. The molecule has 0 spiro atoms. The third-order valence-electron chi connectivity index (χ3n) is 2.55. The van der Waals surface area contributed by atoms with Crippen molar-refractivity contribution >= 4 is 12.7 Å². The van der Waals surface area contributed by atoms with Crippen LogP contribution >= 0.6 is 0 Å². The molecule has 0 fully saturated rings. The molecule has 1 nitrogen and oxygen atoms in total. The van der Waals surface area contributed by atoms with Crippen LogP contribution in [-0.2, 0) is 0 Å². The predicted molar refractivity (Wildman–Crippen MR) is 67.4 cm³/mol. The first-order valence-electron chi connectivity index (χ1n) is 5.37. The van der Waals surface area contributed by atoms with Gasteiger partial charge in [-0.1, -0.05) is 6.07 Å². The van der Waals surface area contributed by atoms with Crippen LogP contribution < -0.4 is 56.3 Å². The molecule has 0 aliphatic rings. The number of rotatable bonds is 4. The Morgan fingerprint density at radius 2 is 1.61 bits per heavy atom. The first-order valence-corrected chi connectivity index (χ1v) is 5.37. The van der Waals surface area contributed by atoms with E-state index < -0.39 is 12.4 Å². The molecular formula is C12H16BF3KN. The Morgan fingerprint density at radius 1 is 1.17 bits per heavy atom. The molecule has 0 heterocycles. The minimum Gasteiger partial charge on any atom is -0.445 e. The molecular weight excluding hydrogens is 265 g/mol. The smallest absolute Gasteiger partial charge is 0.445 e. The fourth-order valence-corrected chi connectivity index (χ4v) is 1.67. The van der Waals surface area contributed by atoms with Gasteiger partial charge in [0.05, 0.1) is 0 Å². The van der Waals surface area contributed by atoms with Gasteiger partial charge in [0.2, 0.25) is 0 Å². The van der Waals surface area contributed by atoms with Gasteiger partial charge in [-0.25, -0.2) is 0 Å². The molecule has 0 unspecified atom stereocenters.